The third-order valence-electron chi connectivity index (χ3n) is 4.00. The second-order valence-electron chi connectivity index (χ2n) is 5.57. The first-order valence-electron chi connectivity index (χ1n) is 7.41. The van der Waals surface area contributed by atoms with Crippen molar-refractivity contribution in [2.45, 2.75) is 32.2 Å². The Morgan fingerprint density at radius 2 is 1.95 bits per heavy atom. The molecule has 1 aromatic carbocycles. The van der Waals surface area contributed by atoms with Crippen molar-refractivity contribution in [2.24, 2.45) is 5.73 Å². The van der Waals surface area contributed by atoms with Crippen molar-refractivity contribution in [3.05, 3.63) is 35.4 Å². The molecule has 21 heavy (non-hydrogen) atoms. The molecule has 0 saturated carbocycles. The minimum atomic E-state index is -0.452. The van der Waals surface area contributed by atoms with Gasteiger partial charge in [0.25, 0.3) is 0 Å². The van der Waals surface area contributed by atoms with Gasteiger partial charge in [0, 0.05) is 6.04 Å². The van der Waals surface area contributed by atoms with Crippen LogP contribution in [-0.4, -0.2) is 42.4 Å². The second kappa shape index (κ2) is 7.22. The van der Waals surface area contributed by atoms with E-state index in [0.717, 1.165) is 37.1 Å². The van der Waals surface area contributed by atoms with Gasteiger partial charge in [0.2, 0.25) is 11.8 Å². The molecule has 0 aliphatic carbocycles. The number of primary amides is 1. The highest BCUT2D eigenvalue weighted by molar-refractivity contribution is 5.85. The highest BCUT2D eigenvalue weighted by atomic mass is 16.2. The van der Waals surface area contributed by atoms with Gasteiger partial charge in [0.05, 0.1) is 13.0 Å². The lowest BCUT2D eigenvalue weighted by molar-refractivity contribution is -0.137. The Balaban J connectivity index is 2.10. The zero-order chi connectivity index (χ0) is 15.2. The average Bonchev–Trinajstić information content (AvgIpc) is 2.48. The Morgan fingerprint density at radius 3 is 2.57 bits per heavy atom. The van der Waals surface area contributed by atoms with Crippen LogP contribution in [-0.2, 0) is 16.0 Å². The maximum atomic E-state index is 12.6. The summed E-state index contributed by atoms with van der Waals surface area (Å²) in [7, 11) is 0. The van der Waals surface area contributed by atoms with E-state index in [9.17, 15) is 9.59 Å². The maximum absolute atomic E-state index is 12.6. The predicted molar refractivity (Wildman–Crippen MR) is 81.7 cm³/mol. The monoisotopic (exact) mass is 289 g/mol. The van der Waals surface area contributed by atoms with Crippen LogP contribution < -0.4 is 11.1 Å². The average molecular weight is 289 g/mol. The SMILES string of the molecule is Cc1ccccc1CC(=O)N(CC(N)=O)C1CCNCC1. The molecule has 0 unspecified atom stereocenters. The standard InChI is InChI=1S/C16H23N3O2/c1-12-4-2-3-5-13(12)10-16(21)19(11-15(17)20)14-6-8-18-9-7-14/h2-5,14,18H,6-11H2,1H3,(H2,17,20). The molecular formula is C16H23N3O2. The van der Waals surface area contributed by atoms with Gasteiger partial charge in [-0.2, -0.15) is 0 Å². The van der Waals surface area contributed by atoms with E-state index in [2.05, 4.69) is 5.32 Å². The quantitative estimate of drug-likeness (QED) is 0.833. The van der Waals surface area contributed by atoms with E-state index in [1.165, 1.54) is 0 Å². The van der Waals surface area contributed by atoms with Crippen LogP contribution >= 0.6 is 0 Å². The van der Waals surface area contributed by atoms with Crippen LogP contribution in [0.2, 0.25) is 0 Å². The summed E-state index contributed by atoms with van der Waals surface area (Å²) in [6.45, 7) is 3.75. The van der Waals surface area contributed by atoms with Gasteiger partial charge in [-0.3, -0.25) is 9.59 Å². The number of nitrogens with zero attached hydrogens (tertiary/aromatic N) is 1. The molecule has 3 N–H and O–H groups in total. The number of amides is 2. The van der Waals surface area contributed by atoms with Crippen molar-refractivity contribution in [3.63, 3.8) is 0 Å². The molecule has 1 aliphatic heterocycles. The van der Waals surface area contributed by atoms with E-state index in [1.54, 1.807) is 4.90 Å². The molecule has 2 amide bonds. The van der Waals surface area contributed by atoms with E-state index in [1.807, 2.05) is 31.2 Å². The molecule has 5 heteroatoms. The Labute approximate surface area is 125 Å². The highest BCUT2D eigenvalue weighted by Crippen LogP contribution is 2.15. The summed E-state index contributed by atoms with van der Waals surface area (Å²) in [5, 5.41) is 3.27. The molecule has 0 aromatic heterocycles. The number of hydrogen-bond acceptors (Lipinski definition) is 3. The molecule has 0 atom stereocenters. The van der Waals surface area contributed by atoms with Crippen molar-refractivity contribution in [3.8, 4) is 0 Å². The summed E-state index contributed by atoms with van der Waals surface area (Å²) < 4.78 is 0. The fourth-order valence-corrected chi connectivity index (χ4v) is 2.78. The highest BCUT2D eigenvalue weighted by Gasteiger charge is 2.26. The van der Waals surface area contributed by atoms with Gasteiger partial charge in [0.15, 0.2) is 0 Å². The van der Waals surface area contributed by atoms with Crippen LogP contribution in [0.4, 0.5) is 0 Å². The van der Waals surface area contributed by atoms with Crippen LogP contribution in [0.25, 0.3) is 0 Å². The fraction of sp³-hybridized carbons (Fsp3) is 0.500. The molecule has 1 aliphatic rings. The van der Waals surface area contributed by atoms with Crippen molar-refractivity contribution in [1.82, 2.24) is 10.2 Å². The summed E-state index contributed by atoms with van der Waals surface area (Å²) in [6.07, 6.45) is 2.06. The topological polar surface area (TPSA) is 75.4 Å². The molecule has 1 aromatic rings. The predicted octanol–water partition coefficient (Wildman–Crippen LogP) is 0.603. The lowest BCUT2D eigenvalue weighted by atomic mass is 10.0. The van der Waals surface area contributed by atoms with Crippen molar-refractivity contribution in [2.75, 3.05) is 19.6 Å². The first kappa shape index (κ1) is 15.5. The molecule has 114 valence electrons. The third-order valence-corrected chi connectivity index (χ3v) is 4.00. The van der Waals surface area contributed by atoms with Gasteiger partial charge in [-0.15, -0.1) is 0 Å². The zero-order valence-corrected chi connectivity index (χ0v) is 12.5. The first-order chi connectivity index (χ1) is 10.1. The lowest BCUT2D eigenvalue weighted by Gasteiger charge is -2.34. The second-order valence-corrected chi connectivity index (χ2v) is 5.57. The van der Waals surface area contributed by atoms with Gasteiger partial charge in [-0.1, -0.05) is 24.3 Å². The number of rotatable bonds is 5. The Hall–Kier alpha value is -1.88. The number of hydrogen-bond donors (Lipinski definition) is 2. The minimum absolute atomic E-state index is 0.00931. The van der Waals surface area contributed by atoms with E-state index < -0.39 is 5.91 Å². The maximum Gasteiger partial charge on any atom is 0.237 e. The van der Waals surface area contributed by atoms with Gasteiger partial charge < -0.3 is 16.0 Å². The summed E-state index contributed by atoms with van der Waals surface area (Å²) in [4.78, 5) is 25.5. The van der Waals surface area contributed by atoms with Crippen LogP contribution in [0.3, 0.4) is 0 Å². The van der Waals surface area contributed by atoms with E-state index in [4.69, 9.17) is 5.73 Å². The number of aryl methyl sites for hydroxylation is 1. The summed E-state index contributed by atoms with van der Waals surface area (Å²) in [5.41, 5.74) is 7.41. The normalized spacial score (nSPS) is 15.7. The van der Waals surface area contributed by atoms with Crippen LogP contribution in [0.15, 0.2) is 24.3 Å². The van der Waals surface area contributed by atoms with Gasteiger partial charge in [-0.25, -0.2) is 0 Å². The first-order valence-corrected chi connectivity index (χ1v) is 7.41. The fourth-order valence-electron chi connectivity index (χ4n) is 2.78. The molecule has 0 spiro atoms. The molecule has 1 heterocycles. The van der Waals surface area contributed by atoms with Crippen molar-refractivity contribution < 1.29 is 9.59 Å². The number of piperidine rings is 1. The number of carbonyl (C=O) groups is 2. The van der Waals surface area contributed by atoms with Gasteiger partial charge in [-0.05, 0) is 44.0 Å². The van der Waals surface area contributed by atoms with Gasteiger partial charge in [0.1, 0.15) is 0 Å². The summed E-state index contributed by atoms with van der Waals surface area (Å²) >= 11 is 0. The molecular weight excluding hydrogens is 266 g/mol. The largest absolute Gasteiger partial charge is 0.368 e. The summed E-state index contributed by atoms with van der Waals surface area (Å²) in [5.74, 6) is -0.471. The molecule has 1 fully saturated rings. The molecule has 1 saturated heterocycles. The van der Waals surface area contributed by atoms with Crippen molar-refractivity contribution >= 4 is 11.8 Å². The smallest absolute Gasteiger partial charge is 0.237 e. The van der Waals surface area contributed by atoms with Crippen LogP contribution in [0, 0.1) is 6.92 Å². The Kier molecular flexibility index (Phi) is 5.33. The molecule has 5 nitrogen and oxygen atoms in total. The van der Waals surface area contributed by atoms with E-state index in [-0.39, 0.29) is 18.5 Å². The minimum Gasteiger partial charge on any atom is -0.368 e. The van der Waals surface area contributed by atoms with Crippen molar-refractivity contribution in [1.29, 1.82) is 0 Å². The van der Waals surface area contributed by atoms with Crippen LogP contribution in [0.1, 0.15) is 24.0 Å². The van der Waals surface area contributed by atoms with E-state index >= 15 is 0 Å². The Morgan fingerprint density at radius 1 is 1.29 bits per heavy atom. The molecule has 0 radical (unpaired) electrons. The summed E-state index contributed by atoms with van der Waals surface area (Å²) in [6, 6.07) is 7.94. The Bertz CT molecular complexity index is 510. The van der Waals surface area contributed by atoms with Gasteiger partial charge >= 0.3 is 0 Å². The number of nitrogens with two attached hydrogens (primary N) is 1. The zero-order valence-electron chi connectivity index (χ0n) is 12.5. The molecule has 0 bridgehead atoms. The molecule has 2 rings (SSSR count). The number of carbonyl (C=O) groups excluding carboxylic acids is 2. The van der Waals surface area contributed by atoms with E-state index in [0.29, 0.717) is 6.42 Å². The number of benzene rings is 1. The lowest BCUT2D eigenvalue weighted by Crippen LogP contribution is -2.49. The number of nitrogens with one attached hydrogen (secondary N) is 1. The van der Waals surface area contributed by atoms with Crippen LogP contribution in [0.5, 0.6) is 0 Å². The third kappa shape index (κ3) is 4.29.